The van der Waals surface area contributed by atoms with E-state index >= 15 is 0 Å². The zero-order valence-corrected chi connectivity index (χ0v) is 11.8. The van der Waals surface area contributed by atoms with E-state index in [2.05, 4.69) is 18.3 Å². The molecule has 0 radical (unpaired) electrons. The molecule has 0 bridgehead atoms. The summed E-state index contributed by atoms with van der Waals surface area (Å²) in [6, 6.07) is 5.95. The highest BCUT2D eigenvalue weighted by molar-refractivity contribution is 5.40. The van der Waals surface area contributed by atoms with Crippen molar-refractivity contribution in [3.63, 3.8) is 0 Å². The second kappa shape index (κ2) is 8.81. The molecule has 1 N–H and O–H groups in total. The minimum absolute atomic E-state index is 0.832. The number of methoxy groups -OCH3 is 2. The largest absolute Gasteiger partial charge is 0.497 e. The van der Waals surface area contributed by atoms with Gasteiger partial charge in [-0.25, -0.2) is 0 Å². The Morgan fingerprint density at radius 1 is 1.06 bits per heavy atom. The first-order chi connectivity index (χ1) is 8.81. The van der Waals surface area contributed by atoms with E-state index < -0.39 is 0 Å². The normalized spacial score (nSPS) is 10.4. The summed E-state index contributed by atoms with van der Waals surface area (Å²) in [6.45, 7) is 4.14. The maximum atomic E-state index is 5.36. The number of ether oxygens (including phenoxy) is 2. The minimum Gasteiger partial charge on any atom is -0.497 e. The van der Waals surface area contributed by atoms with Gasteiger partial charge >= 0.3 is 0 Å². The Labute approximate surface area is 110 Å². The third kappa shape index (κ3) is 4.96. The van der Waals surface area contributed by atoms with Crippen molar-refractivity contribution in [3.8, 4) is 11.5 Å². The van der Waals surface area contributed by atoms with Crippen molar-refractivity contribution >= 4 is 0 Å². The summed E-state index contributed by atoms with van der Waals surface area (Å²) in [5.74, 6) is 1.72. The van der Waals surface area contributed by atoms with Gasteiger partial charge in [-0.2, -0.15) is 0 Å². The molecule has 102 valence electrons. The number of benzene rings is 1. The van der Waals surface area contributed by atoms with Gasteiger partial charge in [0, 0.05) is 18.2 Å². The zero-order chi connectivity index (χ0) is 13.2. The first kappa shape index (κ1) is 14.8. The van der Waals surface area contributed by atoms with Crippen LogP contribution in [0.1, 0.15) is 38.2 Å². The number of rotatable bonds is 9. The van der Waals surface area contributed by atoms with Crippen LogP contribution >= 0.6 is 0 Å². The predicted molar refractivity (Wildman–Crippen MR) is 75.4 cm³/mol. The van der Waals surface area contributed by atoms with Gasteiger partial charge in [0.1, 0.15) is 11.5 Å². The molecule has 0 unspecified atom stereocenters. The first-order valence-corrected chi connectivity index (χ1v) is 6.73. The highest BCUT2D eigenvalue weighted by Gasteiger charge is 2.04. The average molecular weight is 251 g/mol. The van der Waals surface area contributed by atoms with Crippen LogP contribution in [-0.4, -0.2) is 20.8 Å². The molecule has 0 aliphatic heterocycles. The fourth-order valence-electron chi connectivity index (χ4n) is 1.90. The van der Waals surface area contributed by atoms with E-state index in [0.717, 1.165) is 24.6 Å². The van der Waals surface area contributed by atoms with Crippen molar-refractivity contribution in [1.29, 1.82) is 0 Å². The van der Waals surface area contributed by atoms with Gasteiger partial charge in [-0.1, -0.05) is 32.3 Å². The fourth-order valence-corrected chi connectivity index (χ4v) is 1.90. The van der Waals surface area contributed by atoms with E-state index in [1.54, 1.807) is 14.2 Å². The molecule has 0 atom stereocenters. The van der Waals surface area contributed by atoms with Gasteiger partial charge in [-0.3, -0.25) is 0 Å². The molecular formula is C15H25NO2. The van der Waals surface area contributed by atoms with Gasteiger partial charge in [0.2, 0.25) is 0 Å². The zero-order valence-electron chi connectivity index (χ0n) is 11.8. The number of hydrogen-bond acceptors (Lipinski definition) is 3. The molecule has 0 aliphatic carbocycles. The number of hydrogen-bond donors (Lipinski definition) is 1. The molecule has 0 aromatic heterocycles. The maximum absolute atomic E-state index is 5.36. The molecule has 18 heavy (non-hydrogen) atoms. The highest BCUT2D eigenvalue weighted by atomic mass is 16.5. The molecule has 0 aliphatic rings. The van der Waals surface area contributed by atoms with Gasteiger partial charge in [-0.15, -0.1) is 0 Å². The molecule has 0 fully saturated rings. The minimum atomic E-state index is 0.832. The van der Waals surface area contributed by atoms with Crippen molar-refractivity contribution in [1.82, 2.24) is 5.32 Å². The molecule has 1 aromatic carbocycles. The molecule has 3 nitrogen and oxygen atoms in total. The van der Waals surface area contributed by atoms with E-state index in [1.165, 1.54) is 31.2 Å². The van der Waals surface area contributed by atoms with Gasteiger partial charge in [0.15, 0.2) is 0 Å². The monoisotopic (exact) mass is 251 g/mol. The molecule has 1 rings (SSSR count). The molecule has 0 amide bonds. The molecular weight excluding hydrogens is 226 g/mol. The van der Waals surface area contributed by atoms with Crippen molar-refractivity contribution in [3.05, 3.63) is 23.8 Å². The van der Waals surface area contributed by atoms with Crippen LogP contribution in [0, 0.1) is 0 Å². The van der Waals surface area contributed by atoms with Gasteiger partial charge in [0.25, 0.3) is 0 Å². The summed E-state index contributed by atoms with van der Waals surface area (Å²) in [5.41, 5.74) is 1.17. The lowest BCUT2D eigenvalue weighted by Gasteiger charge is -2.11. The Morgan fingerprint density at radius 2 is 1.89 bits per heavy atom. The Morgan fingerprint density at radius 3 is 2.56 bits per heavy atom. The van der Waals surface area contributed by atoms with Gasteiger partial charge in [-0.05, 0) is 19.0 Å². The lowest BCUT2D eigenvalue weighted by atomic mass is 10.1. The van der Waals surface area contributed by atoms with Gasteiger partial charge in [0.05, 0.1) is 14.2 Å². The van der Waals surface area contributed by atoms with E-state index in [-0.39, 0.29) is 0 Å². The highest BCUT2D eigenvalue weighted by Crippen LogP contribution is 2.24. The van der Waals surface area contributed by atoms with Crippen molar-refractivity contribution in [2.75, 3.05) is 20.8 Å². The summed E-state index contributed by atoms with van der Waals surface area (Å²) in [5, 5.41) is 3.45. The lowest BCUT2D eigenvalue weighted by Crippen LogP contribution is -2.15. The summed E-state index contributed by atoms with van der Waals surface area (Å²) in [4.78, 5) is 0. The van der Waals surface area contributed by atoms with E-state index in [4.69, 9.17) is 9.47 Å². The summed E-state index contributed by atoms with van der Waals surface area (Å²) >= 11 is 0. The summed E-state index contributed by atoms with van der Waals surface area (Å²) < 4.78 is 10.5. The Balaban J connectivity index is 2.37. The van der Waals surface area contributed by atoms with Gasteiger partial charge < -0.3 is 14.8 Å². The molecule has 0 spiro atoms. The van der Waals surface area contributed by atoms with Crippen LogP contribution in [0.15, 0.2) is 18.2 Å². The standard InChI is InChI=1S/C15H25NO2/c1-4-5-6-7-10-16-12-13-8-9-14(17-2)11-15(13)18-3/h8-9,11,16H,4-7,10,12H2,1-3H3. The molecule has 0 heterocycles. The quantitative estimate of drug-likeness (QED) is 0.683. The van der Waals surface area contributed by atoms with Crippen LogP contribution in [-0.2, 0) is 6.54 Å². The molecule has 0 saturated carbocycles. The Bertz CT molecular complexity index is 339. The van der Waals surface area contributed by atoms with E-state index in [0.29, 0.717) is 0 Å². The number of unbranched alkanes of at least 4 members (excludes halogenated alkanes) is 3. The second-order valence-corrected chi connectivity index (χ2v) is 4.42. The van der Waals surface area contributed by atoms with Crippen LogP contribution < -0.4 is 14.8 Å². The van der Waals surface area contributed by atoms with Crippen LogP contribution in [0.3, 0.4) is 0 Å². The second-order valence-electron chi connectivity index (χ2n) is 4.42. The average Bonchev–Trinajstić information content (AvgIpc) is 2.42. The van der Waals surface area contributed by atoms with Crippen molar-refractivity contribution in [2.45, 2.75) is 39.2 Å². The van der Waals surface area contributed by atoms with E-state index in [1.807, 2.05) is 12.1 Å². The maximum Gasteiger partial charge on any atom is 0.127 e. The third-order valence-electron chi connectivity index (χ3n) is 3.02. The van der Waals surface area contributed by atoms with Crippen molar-refractivity contribution in [2.24, 2.45) is 0 Å². The van der Waals surface area contributed by atoms with E-state index in [9.17, 15) is 0 Å². The number of nitrogens with one attached hydrogen (secondary N) is 1. The van der Waals surface area contributed by atoms with Crippen molar-refractivity contribution < 1.29 is 9.47 Å². The SMILES string of the molecule is CCCCCCNCc1ccc(OC)cc1OC. The van der Waals surface area contributed by atoms with Crippen LogP contribution in [0.5, 0.6) is 11.5 Å². The topological polar surface area (TPSA) is 30.5 Å². The Kier molecular flexibility index (Phi) is 7.26. The first-order valence-electron chi connectivity index (χ1n) is 6.73. The fraction of sp³-hybridized carbons (Fsp3) is 0.600. The molecule has 0 saturated heterocycles. The predicted octanol–water partition coefficient (Wildman–Crippen LogP) is 3.37. The molecule has 1 aromatic rings. The third-order valence-corrected chi connectivity index (χ3v) is 3.02. The Hall–Kier alpha value is -1.22. The van der Waals surface area contributed by atoms with Crippen LogP contribution in [0.4, 0.5) is 0 Å². The van der Waals surface area contributed by atoms with Crippen LogP contribution in [0.2, 0.25) is 0 Å². The lowest BCUT2D eigenvalue weighted by molar-refractivity contribution is 0.389. The summed E-state index contributed by atoms with van der Waals surface area (Å²) in [7, 11) is 3.36. The molecule has 3 heteroatoms. The smallest absolute Gasteiger partial charge is 0.127 e. The summed E-state index contributed by atoms with van der Waals surface area (Å²) in [6.07, 6.45) is 5.16. The van der Waals surface area contributed by atoms with Crippen LogP contribution in [0.25, 0.3) is 0 Å².